The molecular formula is C18H42P4Si. The van der Waals surface area contributed by atoms with E-state index in [1.165, 1.54) is 0 Å². The Bertz CT molecular complexity index is 392. The highest BCUT2D eigenvalue weighted by atomic mass is 32.8. The Morgan fingerprint density at radius 2 is 0.652 bits per heavy atom. The normalized spacial score (nSPS) is 33.1. The minimum absolute atomic E-state index is 0.139. The lowest BCUT2D eigenvalue weighted by molar-refractivity contribution is 0.775. The van der Waals surface area contributed by atoms with Gasteiger partial charge in [-0.1, -0.05) is 110 Å². The van der Waals surface area contributed by atoms with Gasteiger partial charge in [0.05, 0.1) is 0 Å². The van der Waals surface area contributed by atoms with E-state index in [1.807, 2.05) is 0 Å². The molecule has 1 rings (SSSR count). The number of hydrogen-bond acceptors (Lipinski definition) is 0. The van der Waals surface area contributed by atoms with Gasteiger partial charge in [0.2, 0.25) is 0 Å². The predicted molar refractivity (Wildman–Crippen MR) is 124 cm³/mol. The van der Waals surface area contributed by atoms with Crippen LogP contribution in [0.3, 0.4) is 0 Å². The van der Waals surface area contributed by atoms with Crippen molar-refractivity contribution in [3.05, 3.63) is 0 Å². The van der Waals surface area contributed by atoms with Crippen molar-refractivity contribution in [3.63, 3.8) is 0 Å². The molecule has 0 amide bonds. The van der Waals surface area contributed by atoms with Gasteiger partial charge in [-0.25, -0.2) is 0 Å². The van der Waals surface area contributed by atoms with Crippen LogP contribution in [0.1, 0.15) is 83.1 Å². The fourth-order valence-corrected chi connectivity index (χ4v) is 111. The van der Waals surface area contributed by atoms with Crippen molar-refractivity contribution in [3.8, 4) is 0 Å². The van der Waals surface area contributed by atoms with Gasteiger partial charge >= 0.3 is 0 Å². The highest BCUT2D eigenvalue weighted by Crippen LogP contribution is 3.16. The van der Waals surface area contributed by atoms with Crippen molar-refractivity contribution < 1.29 is 0 Å². The minimum atomic E-state index is -1.23. The van der Waals surface area contributed by atoms with Crippen molar-refractivity contribution in [1.29, 1.82) is 0 Å². The van der Waals surface area contributed by atoms with Crippen LogP contribution in [0.4, 0.5) is 0 Å². The molecular weight excluding hydrogens is 368 g/mol. The maximum atomic E-state index is 2.80. The molecule has 1 aliphatic heterocycles. The Morgan fingerprint density at radius 1 is 0.435 bits per heavy atom. The third-order valence-corrected chi connectivity index (χ3v) is 66.4. The van der Waals surface area contributed by atoms with E-state index >= 15 is 0 Å². The second-order valence-electron chi connectivity index (χ2n) is 11.4. The van der Waals surface area contributed by atoms with Gasteiger partial charge in [0, 0.05) is 0 Å². The SMILES string of the molecule is CC(C)(C)P1P(C(C)(C)C)P(C(C)(C)C)[Si](C)(C)P1C(C)(C)C. The van der Waals surface area contributed by atoms with Crippen LogP contribution >= 0.6 is 28.9 Å². The van der Waals surface area contributed by atoms with Crippen LogP contribution in [0.5, 0.6) is 0 Å². The largest absolute Gasteiger partial charge is 0.113 e. The third kappa shape index (κ3) is 4.62. The summed E-state index contributed by atoms with van der Waals surface area (Å²) >= 11 is 0. The van der Waals surface area contributed by atoms with Crippen molar-refractivity contribution in [2.75, 3.05) is 0 Å². The molecule has 0 aromatic rings. The molecule has 138 valence electrons. The Balaban J connectivity index is 3.73. The highest BCUT2D eigenvalue weighted by Gasteiger charge is 2.66. The van der Waals surface area contributed by atoms with Crippen LogP contribution in [-0.2, 0) is 0 Å². The summed E-state index contributed by atoms with van der Waals surface area (Å²) in [4.78, 5) is 0. The number of rotatable bonds is 0. The van der Waals surface area contributed by atoms with E-state index in [-0.39, 0.29) is 28.9 Å². The van der Waals surface area contributed by atoms with Crippen LogP contribution in [0, 0.1) is 0 Å². The van der Waals surface area contributed by atoms with Crippen LogP contribution in [0.25, 0.3) is 0 Å². The molecule has 1 saturated heterocycles. The molecule has 1 fully saturated rings. The molecule has 0 aromatic heterocycles. The highest BCUT2D eigenvalue weighted by molar-refractivity contribution is 8.96. The van der Waals surface area contributed by atoms with Gasteiger partial charge in [0.1, 0.15) is 7.41 Å². The zero-order valence-electron chi connectivity index (χ0n) is 18.3. The molecule has 1 aliphatic rings. The Kier molecular flexibility index (Phi) is 6.52. The summed E-state index contributed by atoms with van der Waals surface area (Å²) in [6, 6.07) is 0. The fourth-order valence-electron chi connectivity index (χ4n) is 4.10. The summed E-state index contributed by atoms with van der Waals surface area (Å²) in [5.74, 6) is 0. The lowest BCUT2D eigenvalue weighted by atomic mass is 10.3. The van der Waals surface area contributed by atoms with Gasteiger partial charge in [0.25, 0.3) is 0 Å². The Morgan fingerprint density at radius 3 is 0.783 bits per heavy atom. The number of hydrogen-bond donors (Lipinski definition) is 0. The van der Waals surface area contributed by atoms with Crippen molar-refractivity contribution in [1.82, 2.24) is 0 Å². The minimum Gasteiger partial charge on any atom is -0.0774 e. The van der Waals surface area contributed by atoms with Crippen LogP contribution < -0.4 is 0 Å². The van der Waals surface area contributed by atoms with Crippen LogP contribution in [0.15, 0.2) is 0 Å². The van der Waals surface area contributed by atoms with Crippen molar-refractivity contribution >= 4 is 36.3 Å². The lowest BCUT2D eigenvalue weighted by Gasteiger charge is -2.48. The van der Waals surface area contributed by atoms with E-state index in [2.05, 4.69) is 96.2 Å². The first-order valence-electron chi connectivity index (χ1n) is 8.94. The third-order valence-electron chi connectivity index (χ3n) is 4.07. The molecule has 23 heavy (non-hydrogen) atoms. The second kappa shape index (κ2) is 6.52. The zero-order valence-corrected chi connectivity index (χ0v) is 22.9. The summed E-state index contributed by atoms with van der Waals surface area (Å²) in [5.41, 5.74) is 0. The monoisotopic (exact) mass is 410 g/mol. The van der Waals surface area contributed by atoms with Gasteiger partial charge < -0.3 is 0 Å². The fraction of sp³-hybridized carbons (Fsp3) is 1.00. The van der Waals surface area contributed by atoms with E-state index in [9.17, 15) is 0 Å². The van der Waals surface area contributed by atoms with Gasteiger partial charge in [-0.2, -0.15) is 0 Å². The molecule has 0 bridgehead atoms. The summed E-state index contributed by atoms with van der Waals surface area (Å²) in [6.45, 7) is 36.5. The molecule has 4 atom stereocenters. The summed E-state index contributed by atoms with van der Waals surface area (Å²) in [5, 5.41) is 2.08. The maximum Gasteiger partial charge on any atom is 0.113 e. The first kappa shape index (κ1) is 23.0. The van der Waals surface area contributed by atoms with Crippen molar-refractivity contribution in [2.24, 2.45) is 0 Å². The van der Waals surface area contributed by atoms with Crippen molar-refractivity contribution in [2.45, 2.75) is 117 Å². The Hall–Kier alpha value is 1.94. The molecule has 0 N–H and O–H groups in total. The van der Waals surface area contributed by atoms with Gasteiger partial charge in [-0.3, -0.25) is 0 Å². The summed E-state index contributed by atoms with van der Waals surface area (Å²) in [7, 11) is -0.603. The van der Waals surface area contributed by atoms with Crippen LogP contribution in [0.2, 0.25) is 13.1 Å². The molecule has 1 heterocycles. The Labute approximate surface area is 153 Å². The predicted octanol–water partition coefficient (Wildman–Crippen LogP) is 9.57. The van der Waals surface area contributed by atoms with Gasteiger partial charge in [0.15, 0.2) is 0 Å². The smallest absolute Gasteiger partial charge is 0.0774 e. The van der Waals surface area contributed by atoms with Crippen LogP contribution in [-0.4, -0.2) is 28.0 Å². The van der Waals surface area contributed by atoms with E-state index in [0.717, 1.165) is 0 Å². The molecule has 0 aromatic carbocycles. The van der Waals surface area contributed by atoms with E-state index in [0.29, 0.717) is 20.6 Å². The lowest BCUT2D eigenvalue weighted by Crippen LogP contribution is -2.32. The second-order valence-corrected chi connectivity index (χ2v) is 43.9. The molecule has 0 nitrogen and oxygen atoms in total. The molecule has 0 aliphatic carbocycles. The topological polar surface area (TPSA) is 0 Å². The zero-order chi connectivity index (χ0) is 18.8. The first-order chi connectivity index (χ1) is 9.73. The van der Waals surface area contributed by atoms with Gasteiger partial charge in [-0.15, -0.1) is 0 Å². The summed E-state index contributed by atoms with van der Waals surface area (Å²) < 4.78 is 0. The maximum absolute atomic E-state index is 2.80. The standard InChI is InChI=1S/C18H42P4Si/c1-15(2,3)19-20(16(4,5)6)22(18(10,11)12)23(13,14)21(19)17(7,8)9/h1-14H3. The quantitative estimate of drug-likeness (QED) is 0.275. The molecule has 5 heteroatoms. The van der Waals surface area contributed by atoms with E-state index in [1.54, 1.807) is 0 Å². The molecule has 0 radical (unpaired) electrons. The molecule has 4 unspecified atom stereocenters. The van der Waals surface area contributed by atoms with E-state index < -0.39 is 7.41 Å². The molecule has 0 saturated carbocycles. The van der Waals surface area contributed by atoms with E-state index in [4.69, 9.17) is 0 Å². The van der Waals surface area contributed by atoms with Gasteiger partial charge in [-0.05, 0) is 35.2 Å². The molecule has 0 spiro atoms. The summed E-state index contributed by atoms with van der Waals surface area (Å²) in [6.07, 6.45) is 0. The first-order valence-corrected chi connectivity index (χ1v) is 21.1. The average Bonchev–Trinajstić information content (AvgIpc) is 2.42. The average molecular weight is 411 g/mol.